The lowest BCUT2D eigenvalue weighted by molar-refractivity contribution is -0.162. The van der Waals surface area contributed by atoms with Crippen LogP contribution in [0.25, 0.3) is 0 Å². The fourth-order valence-electron chi connectivity index (χ4n) is 6.24. The van der Waals surface area contributed by atoms with Crippen LogP contribution in [0.5, 0.6) is 0 Å². The summed E-state index contributed by atoms with van der Waals surface area (Å²) in [6, 6.07) is 0. The molecule has 0 radical (unpaired) electrons. The Labute approximate surface area is 204 Å². The fourth-order valence-corrected chi connectivity index (χ4v) is 6.24. The predicted molar refractivity (Wildman–Crippen MR) is 138 cm³/mol. The van der Waals surface area contributed by atoms with E-state index in [4.69, 9.17) is 0 Å². The third kappa shape index (κ3) is 10.8. The van der Waals surface area contributed by atoms with Crippen LogP contribution in [-0.2, 0) is 9.59 Å². The lowest BCUT2D eigenvalue weighted by Gasteiger charge is -2.45. The van der Waals surface area contributed by atoms with Gasteiger partial charge < -0.3 is 10.2 Å². The summed E-state index contributed by atoms with van der Waals surface area (Å²) < 4.78 is 0. The van der Waals surface area contributed by atoms with E-state index < -0.39 is 17.4 Å². The second kappa shape index (κ2) is 17.4. The Morgan fingerprint density at radius 1 is 0.788 bits per heavy atom. The third-order valence-electron chi connectivity index (χ3n) is 8.29. The van der Waals surface area contributed by atoms with Crippen LogP contribution in [0.1, 0.15) is 149 Å². The molecule has 33 heavy (non-hydrogen) atoms. The summed E-state index contributed by atoms with van der Waals surface area (Å²) in [6.07, 6.45) is 21.4. The molecule has 0 aliphatic heterocycles. The molecule has 0 bridgehead atoms. The van der Waals surface area contributed by atoms with Crippen LogP contribution >= 0.6 is 0 Å². The van der Waals surface area contributed by atoms with Gasteiger partial charge in [0.1, 0.15) is 0 Å². The zero-order valence-corrected chi connectivity index (χ0v) is 22.1. The van der Waals surface area contributed by atoms with Gasteiger partial charge in [0.25, 0.3) is 0 Å². The first-order chi connectivity index (χ1) is 15.9. The van der Waals surface area contributed by atoms with Gasteiger partial charge in [-0.15, -0.1) is 0 Å². The molecule has 0 aromatic carbocycles. The van der Waals surface area contributed by atoms with E-state index in [1.54, 1.807) is 0 Å². The zero-order chi connectivity index (χ0) is 24.5. The van der Waals surface area contributed by atoms with Crippen LogP contribution < -0.4 is 0 Å². The van der Waals surface area contributed by atoms with Gasteiger partial charge in [-0.3, -0.25) is 9.59 Å². The Kier molecular flexibility index (Phi) is 15.8. The average molecular weight is 467 g/mol. The number of hydrogen-bond acceptors (Lipinski definition) is 2. The quantitative estimate of drug-likeness (QED) is 0.176. The van der Waals surface area contributed by atoms with Gasteiger partial charge in [0.05, 0.1) is 11.3 Å². The van der Waals surface area contributed by atoms with Crippen molar-refractivity contribution >= 4 is 11.9 Å². The van der Waals surface area contributed by atoms with Gasteiger partial charge in [-0.25, -0.2) is 0 Å². The fraction of sp³-hybridized carbons (Fsp3) is 0.931. The van der Waals surface area contributed by atoms with Crippen molar-refractivity contribution in [3.8, 4) is 0 Å². The van der Waals surface area contributed by atoms with Gasteiger partial charge in [0.15, 0.2) is 0 Å². The predicted octanol–water partition coefficient (Wildman–Crippen LogP) is 8.87. The van der Waals surface area contributed by atoms with E-state index in [0.717, 1.165) is 44.9 Å². The van der Waals surface area contributed by atoms with Crippen molar-refractivity contribution < 1.29 is 19.8 Å². The van der Waals surface area contributed by atoms with E-state index in [1.165, 1.54) is 64.2 Å². The summed E-state index contributed by atoms with van der Waals surface area (Å²) in [5.41, 5.74) is -0.724. The maximum atomic E-state index is 12.7. The molecule has 194 valence electrons. The second-order valence-electron chi connectivity index (χ2n) is 10.9. The van der Waals surface area contributed by atoms with Crippen molar-refractivity contribution in [3.63, 3.8) is 0 Å². The van der Waals surface area contributed by atoms with Gasteiger partial charge in [-0.2, -0.15) is 0 Å². The minimum absolute atomic E-state index is 0.0000598. The first-order valence-electron chi connectivity index (χ1n) is 14.4. The third-order valence-corrected chi connectivity index (χ3v) is 8.29. The van der Waals surface area contributed by atoms with Crippen LogP contribution in [0.4, 0.5) is 0 Å². The Bertz CT molecular complexity index is 532. The van der Waals surface area contributed by atoms with Gasteiger partial charge in [0, 0.05) is 0 Å². The number of aliphatic carboxylic acids is 2. The molecule has 1 fully saturated rings. The number of carbonyl (C=O) groups is 2. The highest BCUT2D eigenvalue weighted by Gasteiger charge is 2.50. The van der Waals surface area contributed by atoms with Crippen LogP contribution in [0.3, 0.4) is 0 Å². The van der Waals surface area contributed by atoms with Crippen LogP contribution in [0.2, 0.25) is 0 Å². The SMILES string of the molecule is CCCCCCCCCCCC1CC(C(=O)O)CCC1(CC(CCC)CCCCC)C(=O)O. The Morgan fingerprint density at radius 3 is 1.91 bits per heavy atom. The molecular weight excluding hydrogens is 412 g/mol. The normalized spacial score (nSPS) is 24.0. The van der Waals surface area contributed by atoms with Crippen LogP contribution in [-0.4, -0.2) is 22.2 Å². The largest absolute Gasteiger partial charge is 0.481 e. The lowest BCUT2D eigenvalue weighted by Crippen LogP contribution is -2.45. The molecule has 0 amide bonds. The molecular formula is C29H54O4. The van der Waals surface area contributed by atoms with Crippen molar-refractivity contribution in [2.75, 3.05) is 0 Å². The molecule has 4 unspecified atom stereocenters. The molecule has 2 N–H and O–H groups in total. The van der Waals surface area contributed by atoms with Gasteiger partial charge in [0.2, 0.25) is 0 Å². The first-order valence-corrected chi connectivity index (χ1v) is 14.4. The molecule has 1 rings (SSSR count). The molecule has 0 aromatic rings. The van der Waals surface area contributed by atoms with Crippen molar-refractivity contribution in [2.24, 2.45) is 23.2 Å². The van der Waals surface area contributed by atoms with Gasteiger partial charge >= 0.3 is 11.9 Å². The number of rotatable bonds is 20. The van der Waals surface area contributed by atoms with Crippen LogP contribution in [0.15, 0.2) is 0 Å². The highest BCUT2D eigenvalue weighted by molar-refractivity contribution is 5.76. The average Bonchev–Trinajstić information content (AvgIpc) is 2.78. The monoisotopic (exact) mass is 466 g/mol. The van der Waals surface area contributed by atoms with Crippen molar-refractivity contribution in [2.45, 2.75) is 149 Å². The number of carboxylic acids is 2. The summed E-state index contributed by atoms with van der Waals surface area (Å²) in [5, 5.41) is 20.1. The smallest absolute Gasteiger partial charge is 0.309 e. The molecule has 0 spiro atoms. The van der Waals surface area contributed by atoms with E-state index in [1.807, 2.05) is 0 Å². The molecule has 1 saturated carbocycles. The highest BCUT2D eigenvalue weighted by Crippen LogP contribution is 2.51. The summed E-state index contributed by atoms with van der Waals surface area (Å²) >= 11 is 0. The summed E-state index contributed by atoms with van der Waals surface area (Å²) in [5.74, 6) is -1.32. The van der Waals surface area contributed by atoms with Gasteiger partial charge in [-0.05, 0) is 43.9 Å². The maximum absolute atomic E-state index is 12.7. The molecule has 0 aromatic heterocycles. The number of carboxylic acid groups (broad SMARTS) is 2. The molecule has 1 aliphatic rings. The van der Waals surface area contributed by atoms with Crippen LogP contribution in [0, 0.1) is 23.2 Å². The van der Waals surface area contributed by atoms with E-state index in [2.05, 4.69) is 20.8 Å². The van der Waals surface area contributed by atoms with Crippen molar-refractivity contribution in [3.05, 3.63) is 0 Å². The molecule has 1 aliphatic carbocycles. The molecule has 0 heterocycles. The molecule has 4 heteroatoms. The topological polar surface area (TPSA) is 74.6 Å². The molecule has 4 nitrogen and oxygen atoms in total. The van der Waals surface area contributed by atoms with Gasteiger partial charge in [-0.1, -0.05) is 117 Å². The Morgan fingerprint density at radius 2 is 1.36 bits per heavy atom. The number of unbranched alkanes of at least 4 members (excludes halogenated alkanes) is 10. The van der Waals surface area contributed by atoms with Crippen molar-refractivity contribution in [1.29, 1.82) is 0 Å². The van der Waals surface area contributed by atoms with Crippen molar-refractivity contribution in [1.82, 2.24) is 0 Å². The highest BCUT2D eigenvalue weighted by atomic mass is 16.4. The lowest BCUT2D eigenvalue weighted by atomic mass is 9.58. The summed E-state index contributed by atoms with van der Waals surface area (Å²) in [6.45, 7) is 6.65. The minimum atomic E-state index is -0.737. The van der Waals surface area contributed by atoms with E-state index >= 15 is 0 Å². The number of hydrogen-bond donors (Lipinski definition) is 2. The first kappa shape index (κ1) is 30.0. The Balaban J connectivity index is 2.75. The minimum Gasteiger partial charge on any atom is -0.481 e. The van der Waals surface area contributed by atoms with E-state index in [0.29, 0.717) is 25.2 Å². The van der Waals surface area contributed by atoms with E-state index in [9.17, 15) is 19.8 Å². The summed E-state index contributed by atoms with van der Waals surface area (Å²) in [7, 11) is 0. The molecule has 4 atom stereocenters. The standard InChI is InChI=1S/C29H54O4/c1-4-7-9-10-11-12-13-14-16-19-26-22-25(27(30)31)20-21-29(26,28(32)33)23-24(17-6-3)18-15-8-5-2/h24-26H,4-23H2,1-3H3,(H,30,31)(H,32,33). The zero-order valence-electron chi connectivity index (χ0n) is 22.1. The van der Waals surface area contributed by atoms with E-state index in [-0.39, 0.29) is 11.8 Å². The summed E-state index contributed by atoms with van der Waals surface area (Å²) in [4.78, 5) is 24.5. The Hall–Kier alpha value is -1.06. The molecule has 0 saturated heterocycles. The second-order valence-corrected chi connectivity index (χ2v) is 10.9. The maximum Gasteiger partial charge on any atom is 0.309 e.